The van der Waals surface area contributed by atoms with Crippen molar-refractivity contribution in [3.8, 4) is 0 Å². The Labute approximate surface area is 159 Å². The van der Waals surface area contributed by atoms with Crippen molar-refractivity contribution in [2.24, 2.45) is 5.92 Å². The summed E-state index contributed by atoms with van der Waals surface area (Å²) < 4.78 is 11.0. The smallest absolute Gasteiger partial charge is 0.349 e. The molecule has 0 radical (unpaired) electrons. The molecule has 3 heterocycles. The fourth-order valence-corrected chi connectivity index (χ4v) is 3.36. The molecule has 144 valence electrons. The summed E-state index contributed by atoms with van der Waals surface area (Å²) in [6, 6.07) is 7.35. The Hall–Kier alpha value is -2.47. The van der Waals surface area contributed by atoms with E-state index in [-0.39, 0.29) is 23.5 Å². The highest BCUT2D eigenvalue weighted by atomic mass is 16.5. The number of ether oxygens (including phenoxy) is 1. The molecule has 2 aromatic heterocycles. The van der Waals surface area contributed by atoms with Gasteiger partial charge in [0.25, 0.3) is 5.91 Å². The third-order valence-corrected chi connectivity index (χ3v) is 4.58. The molecule has 2 aromatic rings. The van der Waals surface area contributed by atoms with Crippen LogP contribution in [-0.4, -0.2) is 28.9 Å². The second-order valence-electron chi connectivity index (χ2n) is 7.40. The Morgan fingerprint density at radius 3 is 2.78 bits per heavy atom. The number of amides is 1. The summed E-state index contributed by atoms with van der Waals surface area (Å²) in [5, 5.41) is 0. The van der Waals surface area contributed by atoms with E-state index in [1.165, 1.54) is 0 Å². The van der Waals surface area contributed by atoms with Crippen molar-refractivity contribution in [1.82, 2.24) is 9.88 Å². The molecule has 0 aromatic carbocycles. The van der Waals surface area contributed by atoms with Crippen LogP contribution in [-0.2, 0) is 11.3 Å². The summed E-state index contributed by atoms with van der Waals surface area (Å²) in [6.45, 7) is 7.40. The molecule has 0 aliphatic carbocycles. The van der Waals surface area contributed by atoms with E-state index in [0.29, 0.717) is 31.0 Å². The monoisotopic (exact) mass is 370 g/mol. The van der Waals surface area contributed by atoms with Crippen LogP contribution in [0.5, 0.6) is 0 Å². The Kier molecular flexibility index (Phi) is 6.06. The van der Waals surface area contributed by atoms with Crippen LogP contribution in [0.2, 0.25) is 0 Å². The van der Waals surface area contributed by atoms with Gasteiger partial charge in [-0.2, -0.15) is 0 Å². The standard InChI is InChI=1S/C21H26N2O4/c1-14(2)12-23(13-16-7-4-5-9-22-16)20(24)19-15(3)11-18(27-21(19)25)17-8-6-10-26-17/h4-5,7,9,11,14,17H,6,8,10,12-13H2,1-3H3. The van der Waals surface area contributed by atoms with Gasteiger partial charge < -0.3 is 14.1 Å². The number of aromatic nitrogens is 1. The summed E-state index contributed by atoms with van der Waals surface area (Å²) in [5.74, 6) is 0.447. The van der Waals surface area contributed by atoms with Crippen LogP contribution >= 0.6 is 0 Å². The number of pyridine rings is 1. The van der Waals surface area contributed by atoms with Crippen molar-refractivity contribution in [1.29, 1.82) is 0 Å². The molecule has 1 amide bonds. The molecule has 6 heteroatoms. The molecule has 1 aliphatic heterocycles. The van der Waals surface area contributed by atoms with Crippen LogP contribution in [0.4, 0.5) is 0 Å². The SMILES string of the molecule is Cc1cc(C2CCCO2)oc(=O)c1C(=O)N(Cc1ccccn1)CC(C)C. The summed E-state index contributed by atoms with van der Waals surface area (Å²) in [4.78, 5) is 31.7. The van der Waals surface area contributed by atoms with E-state index in [0.717, 1.165) is 18.5 Å². The molecule has 0 spiro atoms. The first-order valence-corrected chi connectivity index (χ1v) is 9.41. The van der Waals surface area contributed by atoms with E-state index < -0.39 is 5.63 Å². The second kappa shape index (κ2) is 8.48. The highest BCUT2D eigenvalue weighted by molar-refractivity contribution is 5.95. The van der Waals surface area contributed by atoms with Gasteiger partial charge in [-0.3, -0.25) is 9.78 Å². The van der Waals surface area contributed by atoms with Crippen LogP contribution in [0, 0.1) is 12.8 Å². The van der Waals surface area contributed by atoms with Gasteiger partial charge in [-0.15, -0.1) is 0 Å². The van der Waals surface area contributed by atoms with Gasteiger partial charge in [0.05, 0.1) is 12.2 Å². The summed E-state index contributed by atoms with van der Waals surface area (Å²) in [5.41, 5.74) is 0.898. The van der Waals surface area contributed by atoms with Crippen molar-refractivity contribution in [3.05, 3.63) is 63.5 Å². The van der Waals surface area contributed by atoms with Crippen molar-refractivity contribution >= 4 is 5.91 Å². The number of rotatable bonds is 6. The van der Waals surface area contributed by atoms with Crippen LogP contribution in [0.15, 0.2) is 39.7 Å². The zero-order chi connectivity index (χ0) is 19.4. The Bertz CT molecular complexity index is 839. The maximum absolute atomic E-state index is 13.2. The van der Waals surface area contributed by atoms with Gasteiger partial charge in [0, 0.05) is 19.3 Å². The average molecular weight is 370 g/mol. The fraction of sp³-hybridized carbons (Fsp3) is 0.476. The minimum atomic E-state index is -0.597. The van der Waals surface area contributed by atoms with Crippen molar-refractivity contribution in [2.75, 3.05) is 13.2 Å². The quantitative estimate of drug-likeness (QED) is 0.778. The highest BCUT2D eigenvalue weighted by Crippen LogP contribution is 2.28. The molecule has 27 heavy (non-hydrogen) atoms. The van der Waals surface area contributed by atoms with E-state index in [1.807, 2.05) is 32.0 Å². The molecule has 3 rings (SSSR count). The predicted molar refractivity (Wildman–Crippen MR) is 101 cm³/mol. The van der Waals surface area contributed by atoms with Crippen LogP contribution < -0.4 is 5.63 Å². The number of hydrogen-bond acceptors (Lipinski definition) is 5. The third kappa shape index (κ3) is 4.63. The van der Waals surface area contributed by atoms with Gasteiger partial charge >= 0.3 is 5.63 Å². The second-order valence-corrected chi connectivity index (χ2v) is 7.40. The molecule has 0 bridgehead atoms. The minimum absolute atomic E-state index is 0.0910. The lowest BCUT2D eigenvalue weighted by Gasteiger charge is -2.24. The summed E-state index contributed by atoms with van der Waals surface area (Å²) in [6.07, 6.45) is 3.28. The van der Waals surface area contributed by atoms with Crippen molar-refractivity contribution in [2.45, 2.75) is 46.3 Å². The Morgan fingerprint density at radius 1 is 1.37 bits per heavy atom. The fourth-order valence-electron chi connectivity index (χ4n) is 3.36. The largest absolute Gasteiger partial charge is 0.424 e. The molecule has 1 atom stereocenters. The van der Waals surface area contributed by atoms with Crippen molar-refractivity contribution in [3.63, 3.8) is 0 Å². The van der Waals surface area contributed by atoms with E-state index in [9.17, 15) is 9.59 Å². The Balaban J connectivity index is 1.89. The number of carbonyl (C=O) groups is 1. The first kappa shape index (κ1) is 19.3. The lowest BCUT2D eigenvalue weighted by Crippen LogP contribution is -2.37. The summed E-state index contributed by atoms with van der Waals surface area (Å²) in [7, 11) is 0. The lowest BCUT2D eigenvalue weighted by atomic mass is 10.1. The molecule has 0 N–H and O–H groups in total. The molecule has 6 nitrogen and oxygen atoms in total. The number of aryl methyl sites for hydroxylation is 1. The zero-order valence-corrected chi connectivity index (χ0v) is 16.1. The zero-order valence-electron chi connectivity index (χ0n) is 16.1. The molecule has 0 saturated carbocycles. The maximum atomic E-state index is 13.2. The predicted octanol–water partition coefficient (Wildman–Crippen LogP) is 3.49. The van der Waals surface area contributed by atoms with Crippen LogP contribution in [0.25, 0.3) is 0 Å². The van der Waals surface area contributed by atoms with E-state index in [1.54, 1.807) is 24.1 Å². The number of nitrogens with zero attached hydrogens (tertiary/aromatic N) is 2. The van der Waals surface area contributed by atoms with Gasteiger partial charge in [0.2, 0.25) is 0 Å². The van der Waals surface area contributed by atoms with Crippen LogP contribution in [0.1, 0.15) is 60.2 Å². The first-order valence-electron chi connectivity index (χ1n) is 9.41. The molecule has 1 fully saturated rings. The first-order chi connectivity index (χ1) is 13.0. The molecular weight excluding hydrogens is 344 g/mol. The Morgan fingerprint density at radius 2 is 2.19 bits per heavy atom. The van der Waals surface area contributed by atoms with Gasteiger partial charge in [-0.1, -0.05) is 19.9 Å². The highest BCUT2D eigenvalue weighted by Gasteiger charge is 2.27. The number of hydrogen-bond donors (Lipinski definition) is 0. The van der Waals surface area contributed by atoms with Gasteiger partial charge in [0.1, 0.15) is 17.4 Å². The van der Waals surface area contributed by atoms with Crippen molar-refractivity contribution < 1.29 is 13.9 Å². The third-order valence-electron chi connectivity index (χ3n) is 4.58. The minimum Gasteiger partial charge on any atom is -0.424 e. The lowest BCUT2D eigenvalue weighted by molar-refractivity contribution is 0.0706. The van der Waals surface area contributed by atoms with E-state index >= 15 is 0 Å². The van der Waals surface area contributed by atoms with Gasteiger partial charge in [-0.05, 0) is 49.4 Å². The number of carbonyl (C=O) groups excluding carboxylic acids is 1. The molecule has 1 unspecified atom stereocenters. The van der Waals surface area contributed by atoms with E-state index in [2.05, 4.69) is 4.98 Å². The molecule has 1 saturated heterocycles. The van der Waals surface area contributed by atoms with Gasteiger partial charge in [0.15, 0.2) is 0 Å². The topological polar surface area (TPSA) is 72.6 Å². The molecule has 1 aliphatic rings. The average Bonchev–Trinajstić information content (AvgIpc) is 3.15. The van der Waals surface area contributed by atoms with Crippen LogP contribution in [0.3, 0.4) is 0 Å². The van der Waals surface area contributed by atoms with E-state index in [4.69, 9.17) is 9.15 Å². The maximum Gasteiger partial charge on any atom is 0.349 e. The normalized spacial score (nSPS) is 16.7. The van der Waals surface area contributed by atoms with Gasteiger partial charge in [-0.25, -0.2) is 4.79 Å². The molecular formula is C21H26N2O4. The summed E-state index contributed by atoms with van der Waals surface area (Å²) >= 11 is 0.